The molecule has 7 rings (SSSR count). The summed E-state index contributed by atoms with van der Waals surface area (Å²) in [4.78, 5) is 37.1. The van der Waals surface area contributed by atoms with E-state index in [1.165, 1.54) is 19.3 Å². The number of carbonyl (C=O) groups excluding carboxylic acids is 1. The first-order valence-electron chi connectivity index (χ1n) is 12.9. The van der Waals surface area contributed by atoms with Crippen LogP contribution in [-0.2, 0) is 13.1 Å². The van der Waals surface area contributed by atoms with E-state index in [0.717, 1.165) is 40.7 Å². The number of rotatable bonds is 5. The molecular formula is C27H25N9O2. The average Bonchev–Trinajstić information content (AvgIpc) is 3.69. The molecule has 1 fully saturated rings. The number of carbonyl (C=O) groups is 1. The lowest BCUT2D eigenvalue weighted by molar-refractivity contribution is 0.0965. The van der Waals surface area contributed by atoms with Gasteiger partial charge >= 0.3 is 5.69 Å². The molecule has 0 atom stereocenters. The summed E-state index contributed by atoms with van der Waals surface area (Å²) in [5.74, 6) is 0.885. The highest BCUT2D eigenvalue weighted by atomic mass is 16.2. The number of nitrogens with zero attached hydrogens (tertiary/aromatic N) is 6. The molecule has 3 N–H and O–H groups in total. The van der Waals surface area contributed by atoms with Crippen LogP contribution in [0.25, 0.3) is 45.1 Å². The summed E-state index contributed by atoms with van der Waals surface area (Å²) in [6, 6.07) is 11.7. The molecule has 5 aromatic rings. The van der Waals surface area contributed by atoms with E-state index in [4.69, 9.17) is 4.98 Å². The van der Waals surface area contributed by atoms with Gasteiger partial charge in [-0.1, -0.05) is 31.4 Å². The van der Waals surface area contributed by atoms with Crippen LogP contribution in [0, 0.1) is 5.92 Å². The summed E-state index contributed by atoms with van der Waals surface area (Å²) in [6.07, 6.45) is 7.64. The molecule has 0 spiro atoms. The van der Waals surface area contributed by atoms with Crippen molar-refractivity contribution in [1.82, 2.24) is 45.5 Å². The van der Waals surface area contributed by atoms with Crippen LogP contribution >= 0.6 is 0 Å². The summed E-state index contributed by atoms with van der Waals surface area (Å²) in [5, 5.41) is 17.5. The lowest BCUT2D eigenvalue weighted by Gasteiger charge is -2.21. The zero-order valence-corrected chi connectivity index (χ0v) is 20.6. The maximum atomic E-state index is 12.8. The van der Waals surface area contributed by atoms with Gasteiger partial charge in [-0.05, 0) is 64.9 Å². The third-order valence-corrected chi connectivity index (χ3v) is 7.65. The molecule has 2 aromatic carbocycles. The Hall–Kier alpha value is -4.67. The first-order valence-corrected chi connectivity index (χ1v) is 12.9. The Bertz CT molecular complexity index is 1730. The van der Waals surface area contributed by atoms with Gasteiger partial charge in [-0.25, -0.2) is 14.8 Å². The quantitative estimate of drug-likeness (QED) is 0.330. The maximum absolute atomic E-state index is 12.8. The molecule has 0 saturated heterocycles. The number of aromatic amines is 2. The van der Waals surface area contributed by atoms with E-state index in [-0.39, 0.29) is 11.6 Å². The van der Waals surface area contributed by atoms with Crippen molar-refractivity contribution >= 4 is 17.2 Å². The van der Waals surface area contributed by atoms with Crippen molar-refractivity contribution in [3.8, 4) is 33.8 Å². The van der Waals surface area contributed by atoms with E-state index in [0.29, 0.717) is 47.4 Å². The molecule has 0 bridgehead atoms. The van der Waals surface area contributed by atoms with E-state index >= 15 is 0 Å². The summed E-state index contributed by atoms with van der Waals surface area (Å²) < 4.78 is 1.74. The largest absolute Gasteiger partial charge is 0.348 e. The van der Waals surface area contributed by atoms with Crippen molar-refractivity contribution in [1.29, 1.82) is 0 Å². The van der Waals surface area contributed by atoms with Crippen LogP contribution < -0.4 is 11.0 Å². The van der Waals surface area contributed by atoms with Crippen LogP contribution in [0.3, 0.4) is 0 Å². The van der Waals surface area contributed by atoms with Crippen molar-refractivity contribution in [2.45, 2.75) is 45.2 Å². The molecule has 0 radical (unpaired) electrons. The number of hydrogen-bond donors (Lipinski definition) is 3. The van der Waals surface area contributed by atoms with Crippen LogP contribution in [0.5, 0.6) is 0 Å². The molecular weight excluding hydrogens is 482 g/mol. The SMILES string of the molecule is O=C1NCc2cc(-c3cc(-c4cnc5[nH]c(=O)n(CC6CCCCC6)c5n4)ccc3-c3nn[nH]n3)ccc21. The van der Waals surface area contributed by atoms with Crippen molar-refractivity contribution < 1.29 is 4.79 Å². The minimum absolute atomic E-state index is 0.0620. The third kappa shape index (κ3) is 3.87. The fourth-order valence-electron chi connectivity index (χ4n) is 5.67. The number of hydrogen-bond acceptors (Lipinski definition) is 7. The monoisotopic (exact) mass is 507 g/mol. The Balaban J connectivity index is 1.33. The highest BCUT2D eigenvalue weighted by molar-refractivity contribution is 5.99. The number of benzene rings is 2. The van der Waals surface area contributed by atoms with E-state index in [1.54, 1.807) is 10.8 Å². The van der Waals surface area contributed by atoms with Crippen molar-refractivity contribution in [2.24, 2.45) is 5.92 Å². The van der Waals surface area contributed by atoms with Crippen LogP contribution in [0.2, 0.25) is 0 Å². The number of fused-ring (bicyclic) bond motifs is 2. The second kappa shape index (κ2) is 9.02. The van der Waals surface area contributed by atoms with E-state index in [9.17, 15) is 9.59 Å². The third-order valence-electron chi connectivity index (χ3n) is 7.65. The summed E-state index contributed by atoms with van der Waals surface area (Å²) in [6.45, 7) is 1.15. The van der Waals surface area contributed by atoms with Crippen LogP contribution in [-0.4, -0.2) is 46.1 Å². The Morgan fingerprint density at radius 3 is 2.63 bits per heavy atom. The van der Waals surface area contributed by atoms with E-state index in [2.05, 4.69) is 35.9 Å². The van der Waals surface area contributed by atoms with Gasteiger partial charge in [0.25, 0.3) is 5.91 Å². The number of aromatic nitrogens is 8. The Morgan fingerprint density at radius 2 is 1.79 bits per heavy atom. The van der Waals surface area contributed by atoms with Gasteiger partial charge in [-0.15, -0.1) is 10.2 Å². The fraction of sp³-hybridized carbons (Fsp3) is 0.296. The van der Waals surface area contributed by atoms with Crippen LogP contribution in [0.15, 0.2) is 47.4 Å². The molecule has 190 valence electrons. The predicted molar refractivity (Wildman–Crippen MR) is 140 cm³/mol. The van der Waals surface area contributed by atoms with Gasteiger partial charge in [0.1, 0.15) is 0 Å². The lowest BCUT2D eigenvalue weighted by Crippen LogP contribution is -2.23. The highest BCUT2D eigenvalue weighted by Crippen LogP contribution is 2.35. The maximum Gasteiger partial charge on any atom is 0.328 e. The number of tetrazole rings is 1. The topological polar surface area (TPSA) is 147 Å². The Kier molecular flexibility index (Phi) is 5.34. The summed E-state index contributed by atoms with van der Waals surface area (Å²) in [7, 11) is 0. The summed E-state index contributed by atoms with van der Waals surface area (Å²) in [5.41, 5.74) is 6.62. The van der Waals surface area contributed by atoms with Crippen molar-refractivity contribution in [3.63, 3.8) is 0 Å². The molecule has 1 aliphatic heterocycles. The molecule has 38 heavy (non-hydrogen) atoms. The smallest absolute Gasteiger partial charge is 0.328 e. The Labute approximate surface area is 216 Å². The minimum atomic E-state index is -0.169. The van der Waals surface area contributed by atoms with E-state index in [1.807, 2.05) is 36.4 Å². The first-order chi connectivity index (χ1) is 18.6. The van der Waals surface area contributed by atoms with Gasteiger partial charge < -0.3 is 5.32 Å². The van der Waals surface area contributed by atoms with E-state index < -0.39 is 0 Å². The predicted octanol–water partition coefficient (Wildman–Crippen LogP) is 3.46. The normalized spacial score (nSPS) is 15.6. The van der Waals surface area contributed by atoms with Gasteiger partial charge in [0.15, 0.2) is 11.3 Å². The van der Waals surface area contributed by atoms with Crippen LogP contribution in [0.1, 0.15) is 48.0 Å². The second-order valence-corrected chi connectivity index (χ2v) is 10.0. The molecule has 2 aliphatic rings. The first kappa shape index (κ1) is 22.5. The van der Waals surface area contributed by atoms with Gasteiger partial charge in [0.2, 0.25) is 5.82 Å². The van der Waals surface area contributed by atoms with Crippen LogP contribution in [0.4, 0.5) is 0 Å². The molecule has 4 heterocycles. The molecule has 11 heteroatoms. The molecule has 3 aromatic heterocycles. The molecule has 1 amide bonds. The highest BCUT2D eigenvalue weighted by Gasteiger charge is 2.22. The standard InChI is InChI=1S/C27H25N9O2/c37-26-19-8-6-16(10-18(19)12-29-26)21-11-17(7-9-20(21)23-32-34-35-33-23)22-13-28-24-25(30-22)36(27(38)31-24)14-15-4-2-1-3-5-15/h6-11,13,15H,1-5,12,14H2,(H,29,37)(H,28,31,38)(H,32,33,34,35). The molecule has 0 unspecified atom stereocenters. The molecule has 11 nitrogen and oxygen atoms in total. The van der Waals surface area contributed by atoms with Crippen molar-refractivity contribution in [3.05, 3.63) is 64.2 Å². The molecule has 1 aliphatic carbocycles. The minimum Gasteiger partial charge on any atom is -0.348 e. The van der Waals surface area contributed by atoms with Crippen molar-refractivity contribution in [2.75, 3.05) is 0 Å². The van der Waals surface area contributed by atoms with Gasteiger partial charge in [-0.2, -0.15) is 5.21 Å². The lowest BCUT2D eigenvalue weighted by atomic mass is 9.89. The number of imidazole rings is 1. The summed E-state index contributed by atoms with van der Waals surface area (Å²) >= 11 is 0. The van der Waals surface area contributed by atoms with Gasteiger partial charge in [0, 0.05) is 29.8 Å². The number of amides is 1. The zero-order valence-electron chi connectivity index (χ0n) is 20.6. The van der Waals surface area contributed by atoms with Gasteiger partial charge in [-0.3, -0.25) is 14.3 Å². The molecule has 1 saturated carbocycles. The van der Waals surface area contributed by atoms with Gasteiger partial charge in [0.05, 0.1) is 11.9 Å². The number of H-pyrrole nitrogens is 2. The fourth-order valence-corrected chi connectivity index (χ4v) is 5.67. The average molecular weight is 508 g/mol. The second-order valence-electron chi connectivity index (χ2n) is 10.0. The Morgan fingerprint density at radius 1 is 0.947 bits per heavy atom. The zero-order chi connectivity index (χ0) is 25.6. The number of nitrogens with one attached hydrogen (secondary N) is 3.